The average Bonchev–Trinajstić information content (AvgIpc) is 3.07. The molecule has 34 heavy (non-hydrogen) atoms. The van der Waals surface area contributed by atoms with Gasteiger partial charge in [0.1, 0.15) is 29.0 Å². The van der Waals surface area contributed by atoms with E-state index in [0.29, 0.717) is 22.7 Å². The van der Waals surface area contributed by atoms with E-state index in [4.69, 9.17) is 14.5 Å². The molecule has 3 aromatic carbocycles. The van der Waals surface area contributed by atoms with Gasteiger partial charge < -0.3 is 14.6 Å². The van der Waals surface area contributed by atoms with Gasteiger partial charge in [-0.05, 0) is 54.1 Å². The molecule has 1 aliphatic heterocycles. The van der Waals surface area contributed by atoms with Crippen LogP contribution in [0.2, 0.25) is 0 Å². The molecule has 0 radical (unpaired) electrons. The van der Waals surface area contributed by atoms with Crippen molar-refractivity contribution in [2.75, 3.05) is 5.32 Å². The fourth-order valence-electron chi connectivity index (χ4n) is 3.22. The summed E-state index contributed by atoms with van der Waals surface area (Å²) >= 11 is 0. The molecule has 0 spiro atoms. The van der Waals surface area contributed by atoms with Crippen LogP contribution in [0.3, 0.4) is 0 Å². The molecule has 1 aliphatic rings. The number of nitrogens with one attached hydrogen (secondary N) is 2. The number of rotatable bonds is 7. The zero-order valence-electron chi connectivity index (χ0n) is 17.3. The van der Waals surface area contributed by atoms with Crippen LogP contribution < -0.4 is 19.9 Å². The Morgan fingerprint density at radius 3 is 2.35 bits per heavy atom. The van der Waals surface area contributed by atoms with Gasteiger partial charge in [-0.2, -0.15) is 5.26 Å². The van der Waals surface area contributed by atoms with E-state index in [1.165, 1.54) is 24.3 Å². The molecule has 11 heteroatoms. The van der Waals surface area contributed by atoms with Crippen LogP contribution in [0.4, 0.5) is 5.69 Å². The van der Waals surface area contributed by atoms with Gasteiger partial charge >= 0.3 is 7.82 Å². The number of phosphoric acid groups is 1. The number of amides is 2. The van der Waals surface area contributed by atoms with E-state index in [0.717, 1.165) is 0 Å². The molecule has 4 rings (SSSR count). The van der Waals surface area contributed by atoms with E-state index >= 15 is 0 Å². The Kier molecular flexibility index (Phi) is 6.17. The lowest BCUT2D eigenvalue weighted by Gasteiger charge is -2.11. The predicted molar refractivity (Wildman–Crippen MR) is 120 cm³/mol. The Bertz CT molecular complexity index is 1400. The Balaban J connectivity index is 1.60. The summed E-state index contributed by atoms with van der Waals surface area (Å²) < 4.78 is 21.4. The number of ether oxygens (including phenoxy) is 1. The van der Waals surface area contributed by atoms with E-state index in [2.05, 4.69) is 15.2 Å². The highest BCUT2D eigenvalue weighted by molar-refractivity contribution is 7.46. The predicted octanol–water partition coefficient (Wildman–Crippen LogP) is 3.30. The highest BCUT2D eigenvalue weighted by Gasteiger charge is 2.32. The van der Waals surface area contributed by atoms with Crippen molar-refractivity contribution in [2.24, 2.45) is 0 Å². The topological polar surface area (TPSA) is 158 Å². The van der Waals surface area contributed by atoms with Crippen molar-refractivity contribution >= 4 is 30.9 Å². The number of para-hydroxylation sites is 1. The molecule has 0 bridgehead atoms. The van der Waals surface area contributed by atoms with E-state index < -0.39 is 19.6 Å². The maximum atomic E-state index is 12.4. The van der Waals surface area contributed by atoms with Crippen molar-refractivity contribution < 1.29 is 33.2 Å². The minimum Gasteiger partial charge on any atom is -0.456 e. The lowest BCUT2D eigenvalue weighted by molar-refractivity contribution is -0.123. The van der Waals surface area contributed by atoms with Crippen LogP contribution in [0.1, 0.15) is 11.1 Å². The quantitative estimate of drug-likeness (QED) is 0.296. The van der Waals surface area contributed by atoms with Crippen molar-refractivity contribution in [1.82, 2.24) is 5.32 Å². The molecule has 2 amide bonds. The summed E-state index contributed by atoms with van der Waals surface area (Å²) in [5.74, 6) is -0.645. The smallest absolute Gasteiger partial charge is 0.456 e. The number of benzene rings is 3. The molecule has 0 aromatic heterocycles. The fraction of sp³-hybridized carbons (Fsp3) is 0. The third kappa shape index (κ3) is 5.14. The van der Waals surface area contributed by atoms with E-state index in [9.17, 15) is 19.4 Å². The number of nitrogens with zero attached hydrogens (tertiary/aromatic N) is 1. The molecule has 0 aliphatic carbocycles. The van der Waals surface area contributed by atoms with Crippen LogP contribution in [-0.2, 0) is 14.2 Å². The molecule has 0 saturated heterocycles. The zero-order chi connectivity index (χ0) is 24.3. The summed E-state index contributed by atoms with van der Waals surface area (Å²) in [6.45, 7) is 0. The summed E-state index contributed by atoms with van der Waals surface area (Å²) in [5.41, 5.74) is 1.03. The maximum Gasteiger partial charge on any atom is 0.524 e. The van der Waals surface area contributed by atoms with Crippen LogP contribution in [0.25, 0.3) is 5.57 Å². The van der Waals surface area contributed by atoms with Crippen molar-refractivity contribution in [3.8, 4) is 23.3 Å². The normalized spacial score (nSPS) is 13.3. The van der Waals surface area contributed by atoms with E-state index in [1.807, 2.05) is 6.07 Å². The summed E-state index contributed by atoms with van der Waals surface area (Å²) in [4.78, 5) is 42.9. The fourth-order valence-corrected chi connectivity index (χ4v) is 3.61. The molecule has 0 atom stereocenters. The Morgan fingerprint density at radius 1 is 0.912 bits per heavy atom. The molecule has 0 unspecified atom stereocenters. The first-order valence-corrected chi connectivity index (χ1v) is 11.3. The van der Waals surface area contributed by atoms with Crippen LogP contribution in [0, 0.1) is 11.3 Å². The molecule has 0 fully saturated rings. The first kappa shape index (κ1) is 22.8. The van der Waals surface area contributed by atoms with Crippen molar-refractivity contribution in [2.45, 2.75) is 0 Å². The van der Waals surface area contributed by atoms with Gasteiger partial charge in [0.15, 0.2) is 0 Å². The van der Waals surface area contributed by atoms with Crippen molar-refractivity contribution in [1.29, 1.82) is 5.26 Å². The molecule has 0 saturated carbocycles. The molecule has 10 nitrogen and oxygen atoms in total. The number of nitriles is 1. The van der Waals surface area contributed by atoms with E-state index in [1.54, 1.807) is 48.5 Å². The second-order valence-electron chi connectivity index (χ2n) is 7.00. The molecule has 3 aromatic rings. The highest BCUT2D eigenvalue weighted by atomic mass is 31.2. The van der Waals surface area contributed by atoms with Crippen molar-refractivity contribution in [3.05, 3.63) is 89.6 Å². The average molecular weight is 477 g/mol. The SMILES string of the molecule is N#Cc1ccccc1Oc1ccc(NC2=C(c3cccc(OP(=O)(O)O)c3)C(=O)NC2=O)cc1. The van der Waals surface area contributed by atoms with Crippen LogP contribution >= 0.6 is 7.82 Å². The number of carbonyl (C=O) groups is 2. The van der Waals surface area contributed by atoms with Crippen LogP contribution in [-0.4, -0.2) is 21.6 Å². The molecular formula is C23H16N3O7P. The van der Waals surface area contributed by atoms with Gasteiger partial charge in [0.2, 0.25) is 0 Å². The van der Waals surface area contributed by atoms with Gasteiger partial charge in [-0.15, -0.1) is 0 Å². The first-order chi connectivity index (χ1) is 16.2. The lowest BCUT2D eigenvalue weighted by atomic mass is 10.0. The van der Waals surface area contributed by atoms with Gasteiger partial charge in [-0.25, -0.2) is 4.57 Å². The Labute approximate surface area is 193 Å². The summed E-state index contributed by atoms with van der Waals surface area (Å²) in [7, 11) is -4.80. The summed E-state index contributed by atoms with van der Waals surface area (Å²) in [5, 5.41) is 14.3. The number of phosphoric ester groups is 1. The number of carbonyl (C=O) groups excluding carboxylic acids is 2. The lowest BCUT2D eigenvalue weighted by Crippen LogP contribution is -2.24. The maximum absolute atomic E-state index is 12.4. The minimum absolute atomic E-state index is 0.00978. The summed E-state index contributed by atoms with van der Waals surface area (Å²) in [6, 6.07) is 20.8. The highest BCUT2D eigenvalue weighted by Crippen LogP contribution is 2.38. The number of imide groups is 1. The third-order valence-electron chi connectivity index (χ3n) is 4.64. The molecule has 1 heterocycles. The third-order valence-corrected chi connectivity index (χ3v) is 5.09. The van der Waals surface area contributed by atoms with Crippen LogP contribution in [0.15, 0.2) is 78.5 Å². The minimum atomic E-state index is -4.80. The van der Waals surface area contributed by atoms with Crippen molar-refractivity contribution in [3.63, 3.8) is 0 Å². The molecular weight excluding hydrogens is 461 g/mol. The zero-order valence-corrected chi connectivity index (χ0v) is 18.2. The standard InChI is InChI=1S/C23H16N3O7P/c24-13-15-4-1-2-7-19(15)32-17-10-8-16(9-11-17)25-21-20(22(27)26-23(21)28)14-5-3-6-18(12-14)33-34(29,30)31/h1-12H,(H2,29,30,31)(H2,25,26,27,28). The van der Waals surface area contributed by atoms with Gasteiger partial charge in [0, 0.05) is 5.69 Å². The molecule has 4 N–H and O–H groups in total. The van der Waals surface area contributed by atoms with Gasteiger partial charge in [-0.3, -0.25) is 24.7 Å². The second kappa shape index (κ2) is 9.21. The largest absolute Gasteiger partial charge is 0.524 e. The molecule has 170 valence electrons. The van der Waals surface area contributed by atoms with Gasteiger partial charge in [0.25, 0.3) is 11.8 Å². The number of hydrogen-bond acceptors (Lipinski definition) is 7. The first-order valence-electron chi connectivity index (χ1n) is 9.73. The van der Waals surface area contributed by atoms with Gasteiger partial charge in [-0.1, -0.05) is 24.3 Å². The van der Waals surface area contributed by atoms with E-state index in [-0.39, 0.29) is 22.6 Å². The second-order valence-corrected chi connectivity index (χ2v) is 8.17. The summed E-state index contributed by atoms with van der Waals surface area (Å²) in [6.07, 6.45) is 0. The number of anilines is 1. The van der Waals surface area contributed by atoms with Crippen LogP contribution in [0.5, 0.6) is 17.2 Å². The van der Waals surface area contributed by atoms with Gasteiger partial charge in [0.05, 0.1) is 11.1 Å². The Morgan fingerprint density at radius 2 is 1.65 bits per heavy atom. The monoisotopic (exact) mass is 477 g/mol. The Hall–Kier alpha value is -4.42. The number of hydrogen-bond donors (Lipinski definition) is 4.